The average Bonchev–Trinajstić information content (AvgIpc) is 2.54. The fourth-order valence-electron chi connectivity index (χ4n) is 2.82. The smallest absolute Gasteiger partial charge is 0.226 e. The Hall–Kier alpha value is -2.04. The Labute approximate surface area is 144 Å². The van der Waals surface area contributed by atoms with Crippen LogP contribution in [0.1, 0.15) is 40.0 Å². The molecule has 24 heavy (non-hydrogen) atoms. The van der Waals surface area contributed by atoms with Gasteiger partial charge in [0.2, 0.25) is 11.8 Å². The Morgan fingerprint density at radius 1 is 1.25 bits per heavy atom. The number of carbonyl (C=O) groups excluding carboxylic acids is 2. The first-order valence-electron chi connectivity index (χ1n) is 8.63. The summed E-state index contributed by atoms with van der Waals surface area (Å²) >= 11 is 0. The van der Waals surface area contributed by atoms with Gasteiger partial charge in [-0.05, 0) is 45.7 Å². The summed E-state index contributed by atoms with van der Waals surface area (Å²) in [5.41, 5.74) is -0.243. The molecule has 5 nitrogen and oxygen atoms in total. The topological polar surface area (TPSA) is 58.6 Å². The third-order valence-electron chi connectivity index (χ3n) is 3.97. The van der Waals surface area contributed by atoms with Gasteiger partial charge in [0.15, 0.2) is 0 Å². The predicted octanol–water partition coefficient (Wildman–Crippen LogP) is 2.61. The first-order chi connectivity index (χ1) is 11.3. The summed E-state index contributed by atoms with van der Waals surface area (Å²) in [6.07, 6.45) is 2.04. The summed E-state index contributed by atoms with van der Waals surface area (Å²) in [5, 5.41) is 3.01. The quantitative estimate of drug-likeness (QED) is 0.902. The van der Waals surface area contributed by atoms with Gasteiger partial charge in [0.05, 0.1) is 18.9 Å². The monoisotopic (exact) mass is 332 g/mol. The second-order valence-corrected chi connectivity index (χ2v) is 7.33. The molecule has 0 spiro atoms. The van der Waals surface area contributed by atoms with Gasteiger partial charge >= 0.3 is 0 Å². The number of amides is 2. The zero-order chi connectivity index (χ0) is 17.6. The van der Waals surface area contributed by atoms with Crippen LogP contribution >= 0.6 is 0 Å². The highest BCUT2D eigenvalue weighted by Crippen LogP contribution is 2.19. The van der Waals surface area contributed by atoms with E-state index in [0.717, 1.165) is 25.1 Å². The van der Waals surface area contributed by atoms with E-state index in [1.807, 2.05) is 51.1 Å². The Bertz CT molecular complexity index is 551. The van der Waals surface area contributed by atoms with E-state index >= 15 is 0 Å². The summed E-state index contributed by atoms with van der Waals surface area (Å²) < 4.78 is 5.58. The van der Waals surface area contributed by atoms with Gasteiger partial charge in [-0.2, -0.15) is 0 Å². The maximum atomic E-state index is 12.4. The summed E-state index contributed by atoms with van der Waals surface area (Å²) in [7, 11) is 0. The van der Waals surface area contributed by atoms with E-state index in [4.69, 9.17) is 4.74 Å². The standard InChI is InChI=1S/C19H28N2O3/c1-19(2,3)20-18(23)15-8-7-12-21(14-15)17(22)11-13-24-16-9-5-4-6-10-16/h4-6,9-10,15H,7-8,11-14H2,1-3H3,(H,20,23)/t15-/m1/s1. The van der Waals surface area contributed by atoms with Crippen LogP contribution in [0.25, 0.3) is 0 Å². The Kier molecular flexibility index (Phi) is 6.23. The van der Waals surface area contributed by atoms with Gasteiger partial charge < -0.3 is 15.0 Å². The molecule has 0 unspecified atom stereocenters. The molecule has 0 aliphatic carbocycles. The average molecular weight is 332 g/mol. The lowest BCUT2D eigenvalue weighted by molar-refractivity contribution is -0.136. The van der Waals surface area contributed by atoms with Gasteiger partial charge in [0.1, 0.15) is 5.75 Å². The molecule has 1 heterocycles. The van der Waals surface area contributed by atoms with Crippen molar-refractivity contribution in [3.05, 3.63) is 30.3 Å². The van der Waals surface area contributed by atoms with E-state index in [9.17, 15) is 9.59 Å². The molecule has 1 fully saturated rings. The zero-order valence-electron chi connectivity index (χ0n) is 14.9. The van der Waals surface area contributed by atoms with Crippen LogP contribution in [-0.4, -0.2) is 41.9 Å². The van der Waals surface area contributed by atoms with Crippen molar-refractivity contribution < 1.29 is 14.3 Å². The predicted molar refractivity (Wildman–Crippen MR) is 93.8 cm³/mol. The van der Waals surface area contributed by atoms with Crippen LogP contribution < -0.4 is 10.1 Å². The number of piperidine rings is 1. The first-order valence-corrected chi connectivity index (χ1v) is 8.63. The van der Waals surface area contributed by atoms with Crippen molar-refractivity contribution in [2.75, 3.05) is 19.7 Å². The van der Waals surface area contributed by atoms with Crippen molar-refractivity contribution in [1.82, 2.24) is 10.2 Å². The molecule has 5 heteroatoms. The van der Waals surface area contributed by atoms with Gasteiger partial charge in [-0.3, -0.25) is 9.59 Å². The van der Waals surface area contributed by atoms with Crippen LogP contribution in [0, 0.1) is 5.92 Å². The van der Waals surface area contributed by atoms with Gasteiger partial charge in [0.25, 0.3) is 0 Å². The van der Waals surface area contributed by atoms with Crippen molar-refractivity contribution in [2.45, 2.75) is 45.6 Å². The van der Waals surface area contributed by atoms with E-state index in [1.165, 1.54) is 0 Å². The van der Waals surface area contributed by atoms with Crippen molar-refractivity contribution in [1.29, 1.82) is 0 Å². The second-order valence-electron chi connectivity index (χ2n) is 7.33. The molecule has 0 radical (unpaired) electrons. The molecule has 2 rings (SSSR count). The zero-order valence-corrected chi connectivity index (χ0v) is 14.9. The van der Waals surface area contributed by atoms with E-state index in [2.05, 4.69) is 5.32 Å². The minimum atomic E-state index is -0.243. The lowest BCUT2D eigenvalue weighted by atomic mass is 9.95. The maximum Gasteiger partial charge on any atom is 0.226 e. The van der Waals surface area contributed by atoms with Gasteiger partial charge in [-0.1, -0.05) is 18.2 Å². The minimum absolute atomic E-state index is 0.0422. The molecule has 1 saturated heterocycles. The molecule has 2 amide bonds. The lowest BCUT2D eigenvalue weighted by Gasteiger charge is -2.33. The highest BCUT2D eigenvalue weighted by atomic mass is 16.5. The molecule has 1 atom stereocenters. The first kappa shape index (κ1) is 18.3. The van der Waals surface area contributed by atoms with Crippen LogP contribution in [0.5, 0.6) is 5.75 Å². The fraction of sp³-hybridized carbons (Fsp3) is 0.579. The highest BCUT2D eigenvalue weighted by molar-refractivity contribution is 5.81. The van der Waals surface area contributed by atoms with Gasteiger partial charge in [0, 0.05) is 18.6 Å². The van der Waals surface area contributed by atoms with E-state index in [1.54, 1.807) is 4.90 Å². The van der Waals surface area contributed by atoms with Crippen molar-refractivity contribution >= 4 is 11.8 Å². The maximum absolute atomic E-state index is 12.4. The molecule has 1 aromatic carbocycles. The molecule has 1 aliphatic heterocycles. The lowest BCUT2D eigenvalue weighted by Crippen LogP contribution is -2.49. The molecule has 0 aromatic heterocycles. The van der Waals surface area contributed by atoms with Crippen LogP contribution in [0.2, 0.25) is 0 Å². The van der Waals surface area contributed by atoms with Crippen molar-refractivity contribution in [2.24, 2.45) is 5.92 Å². The number of carbonyl (C=O) groups is 2. The number of nitrogens with zero attached hydrogens (tertiary/aromatic N) is 1. The largest absolute Gasteiger partial charge is 0.493 e. The number of ether oxygens (including phenoxy) is 1. The summed E-state index contributed by atoms with van der Waals surface area (Å²) in [6, 6.07) is 9.48. The Morgan fingerprint density at radius 3 is 2.62 bits per heavy atom. The third kappa shape index (κ3) is 5.87. The van der Waals surface area contributed by atoms with Crippen molar-refractivity contribution in [3.63, 3.8) is 0 Å². The molecule has 1 aliphatic rings. The van der Waals surface area contributed by atoms with Gasteiger partial charge in [-0.15, -0.1) is 0 Å². The Morgan fingerprint density at radius 2 is 1.96 bits per heavy atom. The molecule has 132 valence electrons. The molecular formula is C19H28N2O3. The number of likely N-dealkylation sites (tertiary alicyclic amines) is 1. The van der Waals surface area contributed by atoms with Crippen LogP contribution in [0.3, 0.4) is 0 Å². The minimum Gasteiger partial charge on any atom is -0.493 e. The van der Waals surface area contributed by atoms with E-state index in [-0.39, 0.29) is 23.3 Å². The van der Waals surface area contributed by atoms with Crippen molar-refractivity contribution in [3.8, 4) is 5.75 Å². The normalized spacial score (nSPS) is 18.1. The fourth-order valence-corrected chi connectivity index (χ4v) is 2.82. The molecule has 0 saturated carbocycles. The number of hydrogen-bond acceptors (Lipinski definition) is 3. The summed E-state index contributed by atoms with van der Waals surface area (Å²) in [5.74, 6) is 0.753. The SMILES string of the molecule is CC(C)(C)NC(=O)[C@@H]1CCCN(C(=O)CCOc2ccccc2)C1. The number of benzene rings is 1. The number of para-hydroxylation sites is 1. The third-order valence-corrected chi connectivity index (χ3v) is 3.97. The number of nitrogens with one attached hydrogen (secondary N) is 1. The van der Waals surface area contributed by atoms with Crippen LogP contribution in [-0.2, 0) is 9.59 Å². The number of rotatable bonds is 5. The van der Waals surface area contributed by atoms with E-state index < -0.39 is 0 Å². The summed E-state index contributed by atoms with van der Waals surface area (Å²) in [4.78, 5) is 26.5. The Balaban J connectivity index is 1.78. The number of hydrogen-bond donors (Lipinski definition) is 1. The molecule has 1 aromatic rings. The molecule has 0 bridgehead atoms. The molecular weight excluding hydrogens is 304 g/mol. The van der Waals surface area contributed by atoms with Gasteiger partial charge in [-0.25, -0.2) is 0 Å². The van der Waals surface area contributed by atoms with Crippen LogP contribution in [0.4, 0.5) is 0 Å². The summed E-state index contributed by atoms with van der Waals surface area (Å²) in [6.45, 7) is 7.50. The van der Waals surface area contributed by atoms with Crippen LogP contribution in [0.15, 0.2) is 30.3 Å². The molecule has 1 N–H and O–H groups in total. The van der Waals surface area contributed by atoms with E-state index in [0.29, 0.717) is 19.6 Å². The second kappa shape index (κ2) is 8.18. The highest BCUT2D eigenvalue weighted by Gasteiger charge is 2.29.